The van der Waals surface area contributed by atoms with Gasteiger partial charge in [0.15, 0.2) is 0 Å². The Morgan fingerprint density at radius 2 is 2.06 bits per heavy atom. The van der Waals surface area contributed by atoms with Crippen LogP contribution in [0.15, 0.2) is 5.11 Å². The van der Waals surface area contributed by atoms with E-state index in [9.17, 15) is 4.79 Å². The number of rotatable bonds is 5. The van der Waals surface area contributed by atoms with Gasteiger partial charge in [0.25, 0.3) is 0 Å². The first kappa shape index (κ1) is 13.2. The van der Waals surface area contributed by atoms with E-state index in [2.05, 4.69) is 14.9 Å². The molecule has 6 nitrogen and oxygen atoms in total. The van der Waals surface area contributed by atoms with Gasteiger partial charge >= 0.3 is 0 Å². The third-order valence-corrected chi connectivity index (χ3v) is 3.83. The molecule has 1 unspecified atom stereocenters. The van der Waals surface area contributed by atoms with E-state index in [1.165, 1.54) is 32.4 Å². The van der Waals surface area contributed by atoms with Crippen LogP contribution < -0.4 is 0 Å². The number of likely N-dealkylation sites (tertiary alicyclic amines) is 2. The van der Waals surface area contributed by atoms with Gasteiger partial charge in [-0.05, 0) is 37.4 Å². The third-order valence-electron chi connectivity index (χ3n) is 3.83. The van der Waals surface area contributed by atoms with Crippen molar-refractivity contribution in [3.63, 3.8) is 0 Å². The lowest BCUT2D eigenvalue weighted by Gasteiger charge is -2.28. The molecule has 0 spiro atoms. The second-order valence-corrected chi connectivity index (χ2v) is 5.23. The summed E-state index contributed by atoms with van der Waals surface area (Å²) in [7, 11) is 0. The minimum atomic E-state index is 0.213. The van der Waals surface area contributed by atoms with Crippen molar-refractivity contribution in [1.29, 1.82) is 0 Å². The number of amides is 1. The molecule has 2 saturated heterocycles. The highest BCUT2D eigenvalue weighted by atomic mass is 16.2. The normalized spacial score (nSPS) is 25.2. The maximum absolute atomic E-state index is 11.8. The molecule has 0 aromatic rings. The van der Waals surface area contributed by atoms with E-state index in [4.69, 9.17) is 5.53 Å². The number of hydrogen-bond acceptors (Lipinski definition) is 3. The zero-order chi connectivity index (χ0) is 12.8. The number of carbonyl (C=O) groups excluding carboxylic acids is 1. The fraction of sp³-hybridized carbons (Fsp3) is 0.917. The average Bonchev–Trinajstić information content (AvgIpc) is 2.76. The Bertz CT molecular complexity index is 333. The van der Waals surface area contributed by atoms with Gasteiger partial charge in [0, 0.05) is 37.5 Å². The Morgan fingerprint density at radius 1 is 1.28 bits per heavy atom. The molecule has 2 fully saturated rings. The third kappa shape index (κ3) is 3.62. The molecule has 6 heteroatoms. The molecule has 2 aliphatic heterocycles. The molecule has 100 valence electrons. The molecule has 0 saturated carbocycles. The smallest absolute Gasteiger partial charge is 0.222 e. The highest BCUT2D eigenvalue weighted by Crippen LogP contribution is 2.18. The van der Waals surface area contributed by atoms with Crippen LogP contribution in [0.1, 0.15) is 25.7 Å². The van der Waals surface area contributed by atoms with Gasteiger partial charge in [-0.3, -0.25) is 4.79 Å². The number of carbonyl (C=O) groups is 1. The van der Waals surface area contributed by atoms with Gasteiger partial charge in [-0.15, -0.1) is 0 Å². The first-order valence-electron chi connectivity index (χ1n) is 6.80. The summed E-state index contributed by atoms with van der Waals surface area (Å²) in [6.07, 6.45) is 4.45. The largest absolute Gasteiger partial charge is 0.341 e. The quantitative estimate of drug-likeness (QED) is 0.423. The van der Waals surface area contributed by atoms with E-state index in [-0.39, 0.29) is 11.8 Å². The van der Waals surface area contributed by atoms with Crippen molar-refractivity contribution >= 4 is 5.91 Å². The number of hydrogen-bond donors (Lipinski definition) is 0. The van der Waals surface area contributed by atoms with E-state index >= 15 is 0 Å². The van der Waals surface area contributed by atoms with Crippen LogP contribution in [0.25, 0.3) is 10.4 Å². The molecule has 1 amide bonds. The van der Waals surface area contributed by atoms with Crippen molar-refractivity contribution in [1.82, 2.24) is 9.80 Å². The number of nitrogens with zero attached hydrogens (tertiary/aromatic N) is 5. The Kier molecular flexibility index (Phi) is 4.84. The molecule has 2 rings (SSSR count). The fourth-order valence-electron chi connectivity index (χ4n) is 2.79. The molecule has 0 bridgehead atoms. The van der Waals surface area contributed by atoms with Crippen LogP contribution in [0, 0.1) is 5.92 Å². The molecule has 2 aliphatic rings. The van der Waals surface area contributed by atoms with Crippen molar-refractivity contribution in [3.05, 3.63) is 10.4 Å². The minimum Gasteiger partial charge on any atom is -0.341 e. The lowest BCUT2D eigenvalue weighted by Crippen LogP contribution is -2.38. The predicted molar refractivity (Wildman–Crippen MR) is 69.0 cm³/mol. The van der Waals surface area contributed by atoms with Crippen LogP contribution in [0.3, 0.4) is 0 Å². The Hall–Kier alpha value is -1.26. The molecule has 0 radical (unpaired) electrons. The van der Waals surface area contributed by atoms with Crippen LogP contribution in [-0.4, -0.2) is 55.0 Å². The van der Waals surface area contributed by atoms with Gasteiger partial charge in [0.2, 0.25) is 5.91 Å². The predicted octanol–water partition coefficient (Wildman–Crippen LogP) is 1.63. The van der Waals surface area contributed by atoms with Gasteiger partial charge < -0.3 is 9.80 Å². The first-order chi connectivity index (χ1) is 8.79. The van der Waals surface area contributed by atoms with Crippen LogP contribution in [-0.2, 0) is 4.79 Å². The summed E-state index contributed by atoms with van der Waals surface area (Å²) in [6, 6.07) is 0. The summed E-state index contributed by atoms with van der Waals surface area (Å²) in [5, 5.41) is 3.56. The first-order valence-corrected chi connectivity index (χ1v) is 6.80. The van der Waals surface area contributed by atoms with Crippen molar-refractivity contribution in [2.45, 2.75) is 25.7 Å². The average molecular weight is 251 g/mol. The maximum Gasteiger partial charge on any atom is 0.222 e. The van der Waals surface area contributed by atoms with Crippen molar-refractivity contribution in [2.24, 2.45) is 11.0 Å². The highest BCUT2D eigenvalue weighted by molar-refractivity contribution is 5.78. The van der Waals surface area contributed by atoms with E-state index < -0.39 is 0 Å². The van der Waals surface area contributed by atoms with E-state index in [0.29, 0.717) is 13.0 Å². The van der Waals surface area contributed by atoms with Crippen molar-refractivity contribution < 1.29 is 4.79 Å². The molecular formula is C12H21N5O. The van der Waals surface area contributed by atoms with Gasteiger partial charge in [-0.25, -0.2) is 0 Å². The topological polar surface area (TPSA) is 72.3 Å². The molecule has 0 aromatic carbocycles. The van der Waals surface area contributed by atoms with Crippen LogP contribution in [0.4, 0.5) is 0 Å². The fourth-order valence-corrected chi connectivity index (χ4v) is 2.79. The lowest BCUT2D eigenvalue weighted by atomic mass is 10.1. The zero-order valence-electron chi connectivity index (χ0n) is 10.8. The van der Waals surface area contributed by atoms with Gasteiger partial charge in [-0.2, -0.15) is 0 Å². The second-order valence-electron chi connectivity index (χ2n) is 5.23. The number of azide groups is 1. The Balaban J connectivity index is 1.72. The van der Waals surface area contributed by atoms with Crippen LogP contribution >= 0.6 is 0 Å². The van der Waals surface area contributed by atoms with Crippen molar-refractivity contribution in [3.8, 4) is 0 Å². The SMILES string of the molecule is [N-]=[N+]=NCC1CC(=O)N(CCN2CCCCC2)C1. The summed E-state index contributed by atoms with van der Waals surface area (Å²) >= 11 is 0. The number of piperidine rings is 1. The lowest BCUT2D eigenvalue weighted by molar-refractivity contribution is -0.127. The summed E-state index contributed by atoms with van der Waals surface area (Å²) in [4.78, 5) is 18.9. The summed E-state index contributed by atoms with van der Waals surface area (Å²) in [6.45, 7) is 5.36. The maximum atomic E-state index is 11.8. The molecule has 2 heterocycles. The highest BCUT2D eigenvalue weighted by Gasteiger charge is 2.28. The van der Waals surface area contributed by atoms with Crippen molar-refractivity contribution in [2.75, 3.05) is 39.3 Å². The zero-order valence-corrected chi connectivity index (χ0v) is 10.8. The molecule has 0 aromatic heterocycles. The molecular weight excluding hydrogens is 230 g/mol. The summed E-state index contributed by atoms with van der Waals surface area (Å²) in [5.74, 6) is 0.430. The molecule has 0 aliphatic carbocycles. The minimum absolute atomic E-state index is 0.213. The van der Waals surface area contributed by atoms with E-state index in [1.807, 2.05) is 4.90 Å². The second kappa shape index (κ2) is 6.61. The van der Waals surface area contributed by atoms with Crippen LogP contribution in [0.5, 0.6) is 0 Å². The Morgan fingerprint density at radius 3 is 2.78 bits per heavy atom. The van der Waals surface area contributed by atoms with E-state index in [1.54, 1.807) is 0 Å². The standard InChI is InChI=1S/C12H21N5O/c13-15-14-9-11-8-12(18)17(10-11)7-6-16-4-2-1-3-5-16/h11H,1-10H2. The molecule has 1 atom stereocenters. The monoisotopic (exact) mass is 251 g/mol. The summed E-state index contributed by atoms with van der Waals surface area (Å²) in [5.41, 5.74) is 8.29. The molecule has 0 N–H and O–H groups in total. The van der Waals surface area contributed by atoms with Crippen LogP contribution in [0.2, 0.25) is 0 Å². The van der Waals surface area contributed by atoms with Gasteiger partial charge in [0.05, 0.1) is 0 Å². The Labute approximate surface area is 108 Å². The molecule has 18 heavy (non-hydrogen) atoms. The van der Waals surface area contributed by atoms with Gasteiger partial charge in [0.1, 0.15) is 0 Å². The summed E-state index contributed by atoms with van der Waals surface area (Å²) < 4.78 is 0. The van der Waals surface area contributed by atoms with Gasteiger partial charge in [-0.1, -0.05) is 11.5 Å². The van der Waals surface area contributed by atoms with E-state index in [0.717, 1.165) is 19.6 Å².